The Labute approximate surface area is 144 Å². The van der Waals surface area contributed by atoms with Gasteiger partial charge in [-0.25, -0.2) is 4.98 Å². The molecule has 8 heteroatoms. The Kier molecular flexibility index (Phi) is 4.79. The Hall–Kier alpha value is -1.99. The van der Waals surface area contributed by atoms with E-state index >= 15 is 0 Å². The molecule has 1 saturated heterocycles. The number of pyridine rings is 1. The van der Waals surface area contributed by atoms with Crippen molar-refractivity contribution in [3.63, 3.8) is 0 Å². The van der Waals surface area contributed by atoms with Crippen LogP contribution in [0.3, 0.4) is 0 Å². The van der Waals surface area contributed by atoms with Crippen LogP contribution < -0.4 is 9.64 Å². The lowest BCUT2D eigenvalue weighted by Gasteiger charge is -2.41. The van der Waals surface area contributed by atoms with Crippen molar-refractivity contribution in [3.05, 3.63) is 17.8 Å². The van der Waals surface area contributed by atoms with Crippen LogP contribution >= 0.6 is 0 Å². The lowest BCUT2D eigenvalue weighted by molar-refractivity contribution is -0.138. The zero-order valence-corrected chi connectivity index (χ0v) is 14.3. The number of halogens is 3. The Balaban J connectivity index is 1.87. The highest BCUT2D eigenvalue weighted by Gasteiger charge is 2.38. The number of hydrogen-bond donors (Lipinski definition) is 0. The average molecular weight is 357 g/mol. The summed E-state index contributed by atoms with van der Waals surface area (Å²) in [7, 11) is 0. The van der Waals surface area contributed by atoms with Gasteiger partial charge in [0.15, 0.2) is 11.6 Å². The van der Waals surface area contributed by atoms with Crippen molar-refractivity contribution in [1.29, 1.82) is 0 Å². The van der Waals surface area contributed by atoms with Gasteiger partial charge in [0, 0.05) is 38.7 Å². The minimum absolute atomic E-state index is 0.00459. The van der Waals surface area contributed by atoms with Crippen molar-refractivity contribution < 1.29 is 22.7 Å². The maximum atomic E-state index is 12.9. The molecule has 0 aromatic carbocycles. The summed E-state index contributed by atoms with van der Waals surface area (Å²) in [5, 5.41) is 0. The third kappa shape index (κ3) is 3.67. The van der Waals surface area contributed by atoms with E-state index in [0.717, 1.165) is 18.7 Å². The Morgan fingerprint density at radius 3 is 2.84 bits per heavy atom. The van der Waals surface area contributed by atoms with Gasteiger partial charge in [0.05, 0.1) is 17.7 Å². The van der Waals surface area contributed by atoms with Crippen LogP contribution in [0.1, 0.15) is 38.7 Å². The third-order valence-corrected chi connectivity index (χ3v) is 4.66. The summed E-state index contributed by atoms with van der Waals surface area (Å²) < 4.78 is 44.6. The van der Waals surface area contributed by atoms with Crippen LogP contribution in [0.4, 0.5) is 19.0 Å². The van der Waals surface area contributed by atoms with Crippen LogP contribution in [0.25, 0.3) is 0 Å². The Morgan fingerprint density at radius 1 is 1.40 bits per heavy atom. The molecule has 2 aliphatic heterocycles. The van der Waals surface area contributed by atoms with Crippen molar-refractivity contribution >= 4 is 11.7 Å². The summed E-state index contributed by atoms with van der Waals surface area (Å²) in [6.45, 7) is 5.44. The van der Waals surface area contributed by atoms with Crippen LogP contribution in [0, 0.1) is 0 Å². The SMILES string of the molecule is CCCC(=O)N1CCN2c3ncc(C(F)(F)F)cc3OC(C)CC2C1. The van der Waals surface area contributed by atoms with E-state index in [1.54, 1.807) is 0 Å². The van der Waals surface area contributed by atoms with Crippen LogP contribution in [0.2, 0.25) is 0 Å². The zero-order chi connectivity index (χ0) is 18.2. The maximum absolute atomic E-state index is 12.9. The van der Waals surface area contributed by atoms with Gasteiger partial charge in [-0.15, -0.1) is 0 Å². The summed E-state index contributed by atoms with van der Waals surface area (Å²) >= 11 is 0. The molecule has 0 saturated carbocycles. The molecule has 5 nitrogen and oxygen atoms in total. The molecule has 3 heterocycles. The Morgan fingerprint density at radius 2 is 2.16 bits per heavy atom. The molecule has 1 amide bonds. The largest absolute Gasteiger partial charge is 0.487 e. The van der Waals surface area contributed by atoms with Crippen molar-refractivity contribution in [3.8, 4) is 5.75 Å². The molecule has 0 spiro atoms. The summed E-state index contributed by atoms with van der Waals surface area (Å²) in [5.74, 6) is 0.726. The predicted molar refractivity (Wildman–Crippen MR) is 86.6 cm³/mol. The number of amides is 1. The normalized spacial score (nSPS) is 23.4. The molecule has 2 atom stereocenters. The first-order valence-electron chi connectivity index (χ1n) is 8.58. The number of hydrogen-bond acceptors (Lipinski definition) is 4. The van der Waals surface area contributed by atoms with Gasteiger partial charge in [-0.2, -0.15) is 13.2 Å². The molecular weight excluding hydrogens is 335 g/mol. The van der Waals surface area contributed by atoms with Gasteiger partial charge < -0.3 is 14.5 Å². The van der Waals surface area contributed by atoms with Crippen molar-refractivity contribution in [1.82, 2.24) is 9.88 Å². The van der Waals surface area contributed by atoms with Crippen LogP contribution in [0.15, 0.2) is 12.3 Å². The van der Waals surface area contributed by atoms with Gasteiger partial charge in [-0.1, -0.05) is 6.92 Å². The molecule has 0 bridgehead atoms. The van der Waals surface area contributed by atoms with Crippen LogP contribution in [-0.2, 0) is 11.0 Å². The number of piperazine rings is 1. The molecule has 138 valence electrons. The quantitative estimate of drug-likeness (QED) is 0.816. The zero-order valence-electron chi connectivity index (χ0n) is 14.3. The second-order valence-electron chi connectivity index (χ2n) is 6.64. The first-order chi connectivity index (χ1) is 11.8. The van der Waals surface area contributed by atoms with E-state index in [-0.39, 0.29) is 23.8 Å². The smallest absolute Gasteiger partial charge is 0.418 e. The lowest BCUT2D eigenvalue weighted by atomic mass is 10.0. The predicted octanol–water partition coefficient (Wildman–Crippen LogP) is 3.09. The fourth-order valence-electron chi connectivity index (χ4n) is 3.48. The number of carbonyl (C=O) groups is 1. The van der Waals surface area contributed by atoms with E-state index in [2.05, 4.69) is 4.98 Å². The molecule has 0 aliphatic carbocycles. The van der Waals surface area contributed by atoms with Crippen molar-refractivity contribution in [2.24, 2.45) is 0 Å². The van der Waals surface area contributed by atoms with Gasteiger partial charge in [-0.05, 0) is 19.4 Å². The van der Waals surface area contributed by atoms with E-state index in [9.17, 15) is 18.0 Å². The van der Waals surface area contributed by atoms with Crippen molar-refractivity contribution in [2.75, 3.05) is 24.5 Å². The van der Waals surface area contributed by atoms with Gasteiger partial charge in [0.25, 0.3) is 0 Å². The average Bonchev–Trinajstić information content (AvgIpc) is 2.68. The van der Waals surface area contributed by atoms with E-state index in [1.807, 2.05) is 23.6 Å². The fraction of sp³-hybridized carbons (Fsp3) is 0.647. The number of carbonyl (C=O) groups excluding carboxylic acids is 1. The first kappa shape index (κ1) is 17.8. The molecule has 25 heavy (non-hydrogen) atoms. The minimum Gasteiger partial charge on any atom is -0.487 e. The molecule has 3 rings (SSSR count). The summed E-state index contributed by atoms with van der Waals surface area (Å²) in [6, 6.07) is 1.02. The Bertz CT molecular complexity index is 651. The molecule has 2 unspecified atom stereocenters. The number of alkyl halides is 3. The maximum Gasteiger partial charge on any atom is 0.418 e. The first-order valence-corrected chi connectivity index (χ1v) is 8.58. The summed E-state index contributed by atoms with van der Waals surface area (Å²) in [6.07, 6.45) is -1.90. The van der Waals surface area contributed by atoms with Gasteiger partial charge in [-0.3, -0.25) is 4.79 Å². The summed E-state index contributed by atoms with van der Waals surface area (Å²) in [5.41, 5.74) is -0.811. The summed E-state index contributed by atoms with van der Waals surface area (Å²) in [4.78, 5) is 20.0. The monoisotopic (exact) mass is 357 g/mol. The second kappa shape index (κ2) is 6.72. The molecule has 2 aliphatic rings. The van der Waals surface area contributed by atoms with Gasteiger partial charge >= 0.3 is 6.18 Å². The molecule has 1 aromatic rings. The van der Waals surface area contributed by atoms with Gasteiger partial charge in [0.2, 0.25) is 5.91 Å². The fourth-order valence-corrected chi connectivity index (χ4v) is 3.48. The van der Waals surface area contributed by atoms with Gasteiger partial charge in [0.1, 0.15) is 0 Å². The van der Waals surface area contributed by atoms with E-state index in [4.69, 9.17) is 4.74 Å². The highest BCUT2D eigenvalue weighted by atomic mass is 19.4. The topological polar surface area (TPSA) is 45.7 Å². The number of ether oxygens (including phenoxy) is 1. The van der Waals surface area contributed by atoms with E-state index in [0.29, 0.717) is 38.3 Å². The highest BCUT2D eigenvalue weighted by Crippen LogP contribution is 2.39. The second-order valence-corrected chi connectivity index (χ2v) is 6.64. The van der Waals surface area contributed by atoms with Crippen LogP contribution in [0.5, 0.6) is 5.75 Å². The molecule has 1 aromatic heterocycles. The molecule has 0 N–H and O–H groups in total. The molecule has 1 fully saturated rings. The van der Waals surface area contributed by atoms with E-state index in [1.165, 1.54) is 0 Å². The lowest BCUT2D eigenvalue weighted by Crippen LogP contribution is -2.55. The standard InChI is InChI=1S/C17H22F3N3O2/c1-3-4-15(24)22-5-6-23-13(10-22)7-11(2)25-14-8-12(17(18,19)20)9-21-16(14)23/h8-9,11,13H,3-7,10H2,1-2H3. The van der Waals surface area contributed by atoms with Crippen LogP contribution in [-0.4, -0.2) is 47.6 Å². The number of nitrogens with zero attached hydrogens (tertiary/aromatic N) is 3. The molecular formula is C17H22F3N3O2. The molecule has 0 radical (unpaired) electrons. The number of rotatable bonds is 2. The van der Waals surface area contributed by atoms with E-state index < -0.39 is 11.7 Å². The number of fused-ring (bicyclic) bond motifs is 3. The van der Waals surface area contributed by atoms with Crippen molar-refractivity contribution in [2.45, 2.75) is 51.4 Å². The highest BCUT2D eigenvalue weighted by molar-refractivity contribution is 5.76. The minimum atomic E-state index is -4.45. The number of anilines is 1. The number of aromatic nitrogens is 1. The third-order valence-electron chi connectivity index (χ3n) is 4.66.